The summed E-state index contributed by atoms with van der Waals surface area (Å²) in [6.45, 7) is 7.17. The van der Waals surface area contributed by atoms with Gasteiger partial charge in [0.1, 0.15) is 17.3 Å². The van der Waals surface area contributed by atoms with Crippen molar-refractivity contribution in [3.63, 3.8) is 0 Å². The Morgan fingerprint density at radius 3 is 2.60 bits per heavy atom. The van der Waals surface area contributed by atoms with Gasteiger partial charge in [-0.25, -0.2) is 4.79 Å². The lowest BCUT2D eigenvalue weighted by Crippen LogP contribution is -2.35. The molecule has 0 aromatic heterocycles. The van der Waals surface area contributed by atoms with Crippen LogP contribution < -0.4 is 20.7 Å². The molecule has 0 saturated heterocycles. The Balaban J connectivity index is 2.20. The zero-order valence-corrected chi connectivity index (χ0v) is 18.5. The van der Waals surface area contributed by atoms with Crippen LogP contribution in [0.2, 0.25) is 0 Å². The minimum Gasteiger partial charge on any atom is -0.494 e. The number of anilines is 2. The van der Waals surface area contributed by atoms with Gasteiger partial charge in [-0.2, -0.15) is 0 Å². The zero-order valence-electron chi connectivity index (χ0n) is 17.7. The fraction of sp³-hybridized carbons (Fsp3) is 0.500. The maximum absolute atomic E-state index is 12.6. The molecule has 0 bridgehead atoms. The Bertz CT molecular complexity index is 850. The minimum atomic E-state index is -0.911. The Labute approximate surface area is 180 Å². The molecular weight excluding hydrogens is 410 g/mol. The van der Waals surface area contributed by atoms with Crippen molar-refractivity contribution in [2.24, 2.45) is 5.92 Å². The molecule has 10 heteroatoms. The summed E-state index contributed by atoms with van der Waals surface area (Å²) in [5.41, 5.74) is 1.15. The second-order valence-electron chi connectivity index (χ2n) is 7.62. The van der Waals surface area contributed by atoms with E-state index in [1.807, 2.05) is 0 Å². The van der Waals surface area contributed by atoms with Crippen LogP contribution in [-0.2, 0) is 25.5 Å². The van der Waals surface area contributed by atoms with Gasteiger partial charge in [-0.1, -0.05) is 0 Å². The second-order valence-corrected chi connectivity index (χ2v) is 8.03. The summed E-state index contributed by atoms with van der Waals surface area (Å²) in [7, 11) is 1.47. The highest BCUT2D eigenvalue weighted by Crippen LogP contribution is 2.35. The number of methoxy groups -OCH3 is 1. The lowest BCUT2D eigenvalue weighted by Gasteiger charge is -2.22. The van der Waals surface area contributed by atoms with Gasteiger partial charge in [0.15, 0.2) is 5.11 Å². The number of ether oxygens (including phenoxy) is 3. The molecule has 1 heterocycles. The van der Waals surface area contributed by atoms with Gasteiger partial charge >= 0.3 is 12.1 Å². The largest absolute Gasteiger partial charge is 0.494 e. The average molecular weight is 438 g/mol. The summed E-state index contributed by atoms with van der Waals surface area (Å²) < 4.78 is 15.5. The topological polar surface area (TPSA) is 115 Å². The van der Waals surface area contributed by atoms with E-state index < -0.39 is 29.5 Å². The maximum atomic E-state index is 12.6. The van der Waals surface area contributed by atoms with Crippen LogP contribution in [0.1, 0.15) is 39.7 Å². The molecule has 0 fully saturated rings. The van der Waals surface area contributed by atoms with Gasteiger partial charge in [-0.15, -0.1) is 0 Å². The number of fused-ring (bicyclic) bond motifs is 1. The number of alkyl carbamates (subject to hydrolysis) is 1. The third kappa shape index (κ3) is 6.31. The molecule has 9 nitrogen and oxygen atoms in total. The monoisotopic (exact) mass is 437 g/mol. The molecule has 1 aromatic carbocycles. The van der Waals surface area contributed by atoms with Gasteiger partial charge in [-0.05, 0) is 64.4 Å². The Morgan fingerprint density at radius 2 is 2.00 bits per heavy atom. The van der Waals surface area contributed by atoms with Crippen LogP contribution in [-0.4, -0.2) is 42.4 Å². The van der Waals surface area contributed by atoms with Gasteiger partial charge in [-0.3, -0.25) is 14.9 Å². The smallest absolute Gasteiger partial charge is 0.413 e. The number of carbonyl (C=O) groups is 3. The average Bonchev–Trinajstić information content (AvgIpc) is 2.77. The Kier molecular flexibility index (Phi) is 7.60. The predicted molar refractivity (Wildman–Crippen MR) is 116 cm³/mol. The first kappa shape index (κ1) is 23.4. The van der Waals surface area contributed by atoms with E-state index >= 15 is 0 Å². The number of nitrogens with one attached hydrogen (secondary N) is 3. The molecule has 2 amide bonds. The summed E-state index contributed by atoms with van der Waals surface area (Å²) in [6, 6.07) is 3.39. The van der Waals surface area contributed by atoms with Crippen LogP contribution >= 0.6 is 12.2 Å². The molecule has 0 aliphatic carbocycles. The molecular formula is C20H27N3O6S. The number of thiocarbonyl (C=S) groups is 1. The quantitative estimate of drug-likeness (QED) is 0.374. The third-order valence-corrected chi connectivity index (χ3v) is 4.34. The third-order valence-electron chi connectivity index (χ3n) is 4.13. The van der Waals surface area contributed by atoms with Crippen molar-refractivity contribution in [2.45, 2.75) is 46.1 Å². The Morgan fingerprint density at radius 1 is 1.30 bits per heavy atom. The minimum absolute atomic E-state index is 0.0380. The molecule has 164 valence electrons. The van der Waals surface area contributed by atoms with Crippen LogP contribution in [0, 0.1) is 5.92 Å². The number of esters is 1. The Hall–Kier alpha value is -2.88. The van der Waals surface area contributed by atoms with Crippen molar-refractivity contribution in [3.05, 3.63) is 17.7 Å². The molecule has 1 aliphatic rings. The molecule has 1 unspecified atom stereocenters. The summed E-state index contributed by atoms with van der Waals surface area (Å²) >= 11 is 5.13. The summed E-state index contributed by atoms with van der Waals surface area (Å²) in [4.78, 5) is 36.6. The van der Waals surface area contributed by atoms with E-state index in [9.17, 15) is 14.4 Å². The normalized spacial score (nSPS) is 15.8. The van der Waals surface area contributed by atoms with Crippen LogP contribution in [0.4, 0.5) is 16.2 Å². The first-order valence-electron chi connectivity index (χ1n) is 9.53. The number of benzene rings is 1. The van der Waals surface area contributed by atoms with E-state index in [2.05, 4.69) is 16.0 Å². The molecule has 0 saturated carbocycles. The number of amides is 2. The first-order valence-corrected chi connectivity index (χ1v) is 9.94. The lowest BCUT2D eigenvalue weighted by molar-refractivity contribution is -0.161. The molecule has 2 rings (SSSR count). The van der Waals surface area contributed by atoms with Crippen LogP contribution in [0.15, 0.2) is 12.1 Å². The SMILES string of the molecule is CCOC(=O)NC(=S)Nc1cc2c(cc1OC)NC(=O)C(C(=O)OC(C)(C)C)CC2. The summed E-state index contributed by atoms with van der Waals surface area (Å²) in [6.07, 6.45) is 0.0796. The fourth-order valence-corrected chi connectivity index (χ4v) is 3.07. The van der Waals surface area contributed by atoms with Crippen molar-refractivity contribution >= 4 is 46.7 Å². The molecule has 30 heavy (non-hydrogen) atoms. The second kappa shape index (κ2) is 9.75. The van der Waals surface area contributed by atoms with E-state index in [0.29, 0.717) is 30.0 Å². The first-order chi connectivity index (χ1) is 14.0. The summed E-state index contributed by atoms with van der Waals surface area (Å²) in [5.74, 6) is -1.49. The number of rotatable bonds is 4. The summed E-state index contributed by atoms with van der Waals surface area (Å²) in [5, 5.41) is 8.10. The van der Waals surface area contributed by atoms with Gasteiger partial charge < -0.3 is 24.8 Å². The van der Waals surface area contributed by atoms with Gasteiger partial charge in [0, 0.05) is 11.8 Å². The molecule has 0 spiro atoms. The van der Waals surface area contributed by atoms with Crippen LogP contribution in [0.25, 0.3) is 0 Å². The van der Waals surface area contributed by atoms with E-state index in [4.69, 9.17) is 26.4 Å². The number of hydrogen-bond acceptors (Lipinski definition) is 7. The van der Waals surface area contributed by atoms with Crippen molar-refractivity contribution in [3.8, 4) is 5.75 Å². The number of carbonyl (C=O) groups excluding carboxylic acids is 3. The highest BCUT2D eigenvalue weighted by atomic mass is 32.1. The van der Waals surface area contributed by atoms with Crippen molar-refractivity contribution < 1.29 is 28.6 Å². The number of hydrogen-bond donors (Lipinski definition) is 3. The number of aryl methyl sites for hydroxylation is 1. The highest BCUT2D eigenvalue weighted by Gasteiger charge is 2.34. The van der Waals surface area contributed by atoms with E-state index in [-0.39, 0.29) is 11.7 Å². The fourth-order valence-electron chi connectivity index (χ4n) is 2.88. The standard InChI is InChI=1S/C20H27N3O6S/c1-6-28-19(26)23-18(30)22-14-9-11-7-8-12(17(25)29-20(2,3)4)16(24)21-13(11)10-15(14)27-5/h9-10,12H,6-8H2,1-5H3,(H,21,24)(H2,22,23,26,30). The maximum Gasteiger partial charge on any atom is 0.413 e. The van der Waals surface area contributed by atoms with Crippen LogP contribution in [0.3, 0.4) is 0 Å². The predicted octanol–water partition coefficient (Wildman–Crippen LogP) is 2.98. The zero-order chi connectivity index (χ0) is 22.5. The van der Waals surface area contributed by atoms with Crippen LogP contribution in [0.5, 0.6) is 5.75 Å². The highest BCUT2D eigenvalue weighted by molar-refractivity contribution is 7.80. The van der Waals surface area contributed by atoms with Crippen molar-refractivity contribution in [2.75, 3.05) is 24.4 Å². The van der Waals surface area contributed by atoms with E-state index in [1.165, 1.54) is 7.11 Å². The van der Waals surface area contributed by atoms with E-state index in [1.54, 1.807) is 39.8 Å². The van der Waals surface area contributed by atoms with Gasteiger partial charge in [0.2, 0.25) is 5.91 Å². The van der Waals surface area contributed by atoms with Crippen molar-refractivity contribution in [1.29, 1.82) is 0 Å². The van der Waals surface area contributed by atoms with Crippen molar-refractivity contribution in [1.82, 2.24) is 5.32 Å². The molecule has 0 radical (unpaired) electrons. The lowest BCUT2D eigenvalue weighted by atomic mass is 9.99. The van der Waals surface area contributed by atoms with E-state index in [0.717, 1.165) is 5.56 Å². The molecule has 3 N–H and O–H groups in total. The molecule has 1 atom stereocenters. The van der Waals surface area contributed by atoms with Gasteiger partial charge in [0.05, 0.1) is 19.4 Å². The molecule has 1 aliphatic heterocycles. The molecule has 1 aromatic rings. The van der Waals surface area contributed by atoms with Gasteiger partial charge in [0.25, 0.3) is 0 Å².